The number of carboxylic acids is 1. The maximum Gasteiger partial charge on any atom is 0.323 e. The molecule has 0 bridgehead atoms. The maximum absolute atomic E-state index is 12.1. The third-order valence-electron chi connectivity index (χ3n) is 2.28. The van der Waals surface area contributed by atoms with Crippen molar-refractivity contribution in [3.05, 3.63) is 34.9 Å². The Morgan fingerprint density at radius 3 is 2.24 bits per heavy atom. The molecule has 17 heavy (non-hydrogen) atoms. The molecule has 0 fully saturated rings. The first-order valence-electron chi connectivity index (χ1n) is 5.20. The molecule has 0 atom stereocenters. The minimum atomic E-state index is -1.03. The Morgan fingerprint density at radius 2 is 1.82 bits per heavy atom. The molecule has 0 radical (unpaired) electrons. The Balaban J connectivity index is 2.91. The summed E-state index contributed by atoms with van der Waals surface area (Å²) >= 11 is 5.72. The molecule has 0 aliphatic rings. The van der Waals surface area contributed by atoms with E-state index in [1.807, 2.05) is 0 Å². The molecule has 5 heteroatoms. The number of nitrogens with zero attached hydrogens (tertiary/aromatic N) is 1. The van der Waals surface area contributed by atoms with Gasteiger partial charge in [-0.25, -0.2) is 0 Å². The van der Waals surface area contributed by atoms with Gasteiger partial charge in [-0.1, -0.05) is 11.6 Å². The third kappa shape index (κ3) is 3.75. The molecule has 0 heterocycles. The van der Waals surface area contributed by atoms with Crippen molar-refractivity contribution in [1.29, 1.82) is 0 Å². The van der Waals surface area contributed by atoms with Gasteiger partial charge in [-0.2, -0.15) is 0 Å². The highest BCUT2D eigenvalue weighted by Crippen LogP contribution is 2.13. The molecule has 0 aliphatic heterocycles. The van der Waals surface area contributed by atoms with Crippen LogP contribution in [0, 0.1) is 0 Å². The lowest BCUT2D eigenvalue weighted by atomic mass is 10.1. The Bertz CT molecular complexity index is 414. The van der Waals surface area contributed by atoms with Gasteiger partial charge in [-0.05, 0) is 38.1 Å². The molecule has 0 unspecified atom stereocenters. The second-order valence-electron chi connectivity index (χ2n) is 3.93. The SMILES string of the molecule is CC(C)N(CC(=O)O)C(=O)c1ccc(Cl)cc1. The summed E-state index contributed by atoms with van der Waals surface area (Å²) < 4.78 is 0. The van der Waals surface area contributed by atoms with E-state index in [1.54, 1.807) is 38.1 Å². The molecule has 0 aliphatic carbocycles. The van der Waals surface area contributed by atoms with Crippen LogP contribution in [0.5, 0.6) is 0 Å². The summed E-state index contributed by atoms with van der Waals surface area (Å²) in [6.07, 6.45) is 0. The highest BCUT2D eigenvalue weighted by molar-refractivity contribution is 6.30. The molecule has 92 valence electrons. The van der Waals surface area contributed by atoms with E-state index in [0.29, 0.717) is 10.6 Å². The number of aliphatic carboxylic acids is 1. The Morgan fingerprint density at radius 1 is 1.29 bits per heavy atom. The number of carbonyl (C=O) groups is 2. The van der Waals surface area contributed by atoms with Crippen molar-refractivity contribution in [2.45, 2.75) is 19.9 Å². The average Bonchev–Trinajstić information content (AvgIpc) is 2.25. The first-order valence-corrected chi connectivity index (χ1v) is 5.58. The van der Waals surface area contributed by atoms with Crippen molar-refractivity contribution >= 4 is 23.5 Å². The fraction of sp³-hybridized carbons (Fsp3) is 0.333. The molecule has 1 amide bonds. The van der Waals surface area contributed by atoms with Gasteiger partial charge in [0.1, 0.15) is 6.54 Å². The van der Waals surface area contributed by atoms with Crippen LogP contribution in [0.25, 0.3) is 0 Å². The van der Waals surface area contributed by atoms with Crippen molar-refractivity contribution in [2.24, 2.45) is 0 Å². The number of hydrogen-bond acceptors (Lipinski definition) is 2. The first-order chi connectivity index (χ1) is 7.91. The van der Waals surface area contributed by atoms with Crippen molar-refractivity contribution in [3.8, 4) is 0 Å². The number of hydrogen-bond donors (Lipinski definition) is 1. The molecule has 0 aromatic heterocycles. The van der Waals surface area contributed by atoms with E-state index in [0.717, 1.165) is 0 Å². The van der Waals surface area contributed by atoms with Crippen molar-refractivity contribution < 1.29 is 14.7 Å². The Labute approximate surface area is 105 Å². The van der Waals surface area contributed by atoms with E-state index in [1.165, 1.54) is 4.90 Å². The van der Waals surface area contributed by atoms with Crippen molar-refractivity contribution in [1.82, 2.24) is 4.90 Å². The molecule has 0 spiro atoms. The zero-order valence-electron chi connectivity index (χ0n) is 9.68. The van der Waals surface area contributed by atoms with E-state index >= 15 is 0 Å². The smallest absolute Gasteiger partial charge is 0.323 e. The molecule has 4 nitrogen and oxygen atoms in total. The van der Waals surface area contributed by atoms with Crippen LogP contribution in [0.15, 0.2) is 24.3 Å². The van der Waals surface area contributed by atoms with Crippen LogP contribution in [0.4, 0.5) is 0 Å². The monoisotopic (exact) mass is 255 g/mol. The summed E-state index contributed by atoms with van der Waals surface area (Å²) in [6, 6.07) is 6.21. The fourth-order valence-corrected chi connectivity index (χ4v) is 1.52. The van der Waals surface area contributed by atoms with Crippen LogP contribution in [0.1, 0.15) is 24.2 Å². The molecule has 1 N–H and O–H groups in total. The van der Waals surface area contributed by atoms with Crippen LogP contribution in [-0.2, 0) is 4.79 Å². The minimum absolute atomic E-state index is 0.172. The van der Waals surface area contributed by atoms with Gasteiger partial charge in [0.25, 0.3) is 5.91 Å². The van der Waals surface area contributed by atoms with Crippen LogP contribution >= 0.6 is 11.6 Å². The average molecular weight is 256 g/mol. The van der Waals surface area contributed by atoms with Crippen molar-refractivity contribution in [2.75, 3.05) is 6.54 Å². The predicted octanol–water partition coefficient (Wildman–Crippen LogP) is 2.28. The van der Waals surface area contributed by atoms with Crippen molar-refractivity contribution in [3.63, 3.8) is 0 Å². The summed E-state index contributed by atoms with van der Waals surface area (Å²) in [6.45, 7) is 3.24. The third-order valence-corrected chi connectivity index (χ3v) is 2.53. The van der Waals surface area contributed by atoms with E-state index in [2.05, 4.69) is 0 Å². The van der Waals surface area contributed by atoms with E-state index < -0.39 is 5.97 Å². The number of carbonyl (C=O) groups excluding carboxylic acids is 1. The molecule has 1 aromatic rings. The zero-order chi connectivity index (χ0) is 13.0. The van der Waals surface area contributed by atoms with Crippen LogP contribution in [0.3, 0.4) is 0 Å². The summed E-state index contributed by atoms with van der Waals surface area (Å²) in [5, 5.41) is 9.30. The van der Waals surface area contributed by atoms with Gasteiger partial charge in [0.05, 0.1) is 0 Å². The van der Waals surface area contributed by atoms with Gasteiger partial charge in [0.15, 0.2) is 0 Å². The molecular weight excluding hydrogens is 242 g/mol. The van der Waals surface area contributed by atoms with Crippen LogP contribution in [0.2, 0.25) is 5.02 Å². The highest BCUT2D eigenvalue weighted by Gasteiger charge is 2.20. The second kappa shape index (κ2) is 5.68. The van der Waals surface area contributed by atoms with E-state index in [9.17, 15) is 9.59 Å². The minimum Gasteiger partial charge on any atom is -0.480 e. The number of benzene rings is 1. The van der Waals surface area contributed by atoms with Crippen LogP contribution < -0.4 is 0 Å². The summed E-state index contributed by atoms with van der Waals surface area (Å²) in [7, 11) is 0. The number of carboxylic acid groups (broad SMARTS) is 1. The van der Waals surface area contributed by atoms with Crippen LogP contribution in [-0.4, -0.2) is 34.5 Å². The summed E-state index contributed by atoms with van der Waals surface area (Å²) in [5.74, 6) is -1.33. The molecule has 1 rings (SSSR count). The number of halogens is 1. The fourth-order valence-electron chi connectivity index (χ4n) is 1.39. The maximum atomic E-state index is 12.1. The normalized spacial score (nSPS) is 10.4. The van der Waals surface area contributed by atoms with E-state index in [4.69, 9.17) is 16.7 Å². The van der Waals surface area contributed by atoms with Gasteiger partial charge < -0.3 is 10.0 Å². The second-order valence-corrected chi connectivity index (χ2v) is 4.36. The lowest BCUT2D eigenvalue weighted by Crippen LogP contribution is -2.40. The van der Waals surface area contributed by atoms with Gasteiger partial charge in [-0.15, -0.1) is 0 Å². The van der Waals surface area contributed by atoms with Gasteiger partial charge >= 0.3 is 5.97 Å². The topological polar surface area (TPSA) is 57.6 Å². The Kier molecular flexibility index (Phi) is 4.52. The van der Waals surface area contributed by atoms with Gasteiger partial charge in [0.2, 0.25) is 0 Å². The summed E-state index contributed by atoms with van der Waals surface area (Å²) in [4.78, 5) is 24.0. The van der Waals surface area contributed by atoms with Gasteiger partial charge in [-0.3, -0.25) is 9.59 Å². The standard InChI is InChI=1S/C12H14ClNO3/c1-8(2)14(7-11(15)16)12(17)9-3-5-10(13)6-4-9/h3-6,8H,7H2,1-2H3,(H,15,16). The number of rotatable bonds is 4. The largest absolute Gasteiger partial charge is 0.480 e. The first kappa shape index (κ1) is 13.5. The molecule has 1 aromatic carbocycles. The van der Waals surface area contributed by atoms with E-state index in [-0.39, 0.29) is 18.5 Å². The lowest BCUT2D eigenvalue weighted by Gasteiger charge is -2.24. The molecule has 0 saturated heterocycles. The number of amides is 1. The molecular formula is C12H14ClNO3. The lowest BCUT2D eigenvalue weighted by molar-refractivity contribution is -0.138. The summed E-state index contributed by atoms with van der Waals surface area (Å²) in [5.41, 5.74) is 0.435. The quantitative estimate of drug-likeness (QED) is 0.898. The highest BCUT2D eigenvalue weighted by atomic mass is 35.5. The van der Waals surface area contributed by atoms with Gasteiger partial charge in [0, 0.05) is 16.6 Å². The molecule has 0 saturated carbocycles. The Hall–Kier alpha value is -1.55. The zero-order valence-corrected chi connectivity index (χ0v) is 10.4. The predicted molar refractivity (Wildman–Crippen MR) is 65.3 cm³/mol.